The second-order valence-corrected chi connectivity index (χ2v) is 6.32. The van der Waals surface area contributed by atoms with Crippen molar-refractivity contribution in [3.05, 3.63) is 28.8 Å². The summed E-state index contributed by atoms with van der Waals surface area (Å²) in [6, 6.07) is 3.48. The smallest absolute Gasteiger partial charge is 0.341 e. The van der Waals surface area contributed by atoms with Crippen LogP contribution in [0.15, 0.2) is 12.1 Å². The van der Waals surface area contributed by atoms with Crippen molar-refractivity contribution in [3.63, 3.8) is 0 Å². The van der Waals surface area contributed by atoms with E-state index in [1.165, 1.54) is 0 Å². The third-order valence-corrected chi connectivity index (χ3v) is 4.57. The number of ether oxygens (including phenoxy) is 2. The van der Waals surface area contributed by atoms with Crippen LogP contribution in [-0.4, -0.2) is 42.3 Å². The van der Waals surface area contributed by atoms with Gasteiger partial charge in [0.15, 0.2) is 6.61 Å². The third kappa shape index (κ3) is 4.26. The number of hydrogen-bond donors (Lipinski definition) is 2. The van der Waals surface area contributed by atoms with Crippen molar-refractivity contribution in [3.8, 4) is 5.75 Å². The number of carboxylic acids is 1. The minimum absolute atomic E-state index is 0.116. The number of benzene rings is 1. The van der Waals surface area contributed by atoms with E-state index in [4.69, 9.17) is 14.6 Å². The Morgan fingerprint density at radius 2 is 1.83 bits per heavy atom. The van der Waals surface area contributed by atoms with E-state index in [0.717, 1.165) is 30.4 Å². The predicted octanol–water partition coefficient (Wildman–Crippen LogP) is 2.46. The molecule has 6 nitrogen and oxygen atoms in total. The molecule has 0 saturated carbocycles. The molecule has 1 aliphatic heterocycles. The lowest BCUT2D eigenvalue weighted by atomic mass is 9.87. The van der Waals surface area contributed by atoms with Crippen LogP contribution in [-0.2, 0) is 9.53 Å². The highest BCUT2D eigenvalue weighted by Crippen LogP contribution is 2.27. The summed E-state index contributed by atoms with van der Waals surface area (Å²) >= 11 is 0. The monoisotopic (exact) mass is 335 g/mol. The summed E-state index contributed by atoms with van der Waals surface area (Å²) in [5, 5.41) is 11.9. The molecule has 1 aromatic rings. The first-order valence-electron chi connectivity index (χ1n) is 8.23. The van der Waals surface area contributed by atoms with Gasteiger partial charge in [-0.3, -0.25) is 4.79 Å². The average Bonchev–Trinajstić information content (AvgIpc) is 2.54. The van der Waals surface area contributed by atoms with Gasteiger partial charge in [0, 0.05) is 24.3 Å². The molecular formula is C18H25NO5. The minimum atomic E-state index is -1.03. The van der Waals surface area contributed by atoms with Crippen LogP contribution in [0.3, 0.4) is 0 Å². The van der Waals surface area contributed by atoms with Crippen molar-refractivity contribution in [2.75, 3.05) is 19.8 Å². The fourth-order valence-corrected chi connectivity index (χ4v) is 3.09. The van der Waals surface area contributed by atoms with Crippen LogP contribution in [0.4, 0.5) is 0 Å². The normalized spacial score (nSPS) is 16.5. The van der Waals surface area contributed by atoms with Crippen molar-refractivity contribution in [1.82, 2.24) is 5.32 Å². The first kappa shape index (κ1) is 18.3. The number of aliphatic carboxylic acids is 1. The SMILES string of the molecule is CCC1(NC(=O)c2cc(C)c(OCC(=O)O)c(C)c2)CCOCC1. The van der Waals surface area contributed by atoms with E-state index in [0.29, 0.717) is 24.5 Å². The number of aryl methyl sites for hydroxylation is 2. The average molecular weight is 335 g/mol. The summed E-state index contributed by atoms with van der Waals surface area (Å²) in [5.41, 5.74) is 1.85. The Morgan fingerprint density at radius 3 is 2.33 bits per heavy atom. The highest BCUT2D eigenvalue weighted by atomic mass is 16.5. The van der Waals surface area contributed by atoms with Gasteiger partial charge in [-0.2, -0.15) is 0 Å². The Hall–Kier alpha value is -2.08. The Bertz CT molecular complexity index is 597. The number of hydrogen-bond acceptors (Lipinski definition) is 4. The largest absolute Gasteiger partial charge is 0.481 e. The Balaban J connectivity index is 2.16. The summed E-state index contributed by atoms with van der Waals surface area (Å²) in [4.78, 5) is 23.3. The molecule has 0 spiro atoms. The molecule has 132 valence electrons. The Kier molecular flexibility index (Phi) is 5.83. The number of carbonyl (C=O) groups excluding carboxylic acids is 1. The summed E-state index contributed by atoms with van der Waals surface area (Å²) < 4.78 is 10.7. The molecule has 1 fully saturated rings. The van der Waals surface area contributed by atoms with Gasteiger partial charge in [-0.05, 0) is 56.4 Å². The van der Waals surface area contributed by atoms with E-state index in [9.17, 15) is 9.59 Å². The van der Waals surface area contributed by atoms with Crippen molar-refractivity contribution in [1.29, 1.82) is 0 Å². The lowest BCUT2D eigenvalue weighted by Crippen LogP contribution is -2.51. The number of nitrogens with one attached hydrogen (secondary N) is 1. The molecule has 6 heteroatoms. The number of carboxylic acid groups (broad SMARTS) is 1. The molecule has 2 N–H and O–H groups in total. The number of carbonyl (C=O) groups is 2. The van der Waals surface area contributed by atoms with Gasteiger partial charge in [0.05, 0.1) is 0 Å². The van der Waals surface area contributed by atoms with Crippen LogP contribution in [0.25, 0.3) is 0 Å². The standard InChI is InChI=1S/C18H25NO5/c1-4-18(5-7-23-8-6-18)19-17(22)14-9-12(2)16(13(3)10-14)24-11-15(20)21/h9-10H,4-8,11H2,1-3H3,(H,19,22)(H,20,21). The van der Waals surface area contributed by atoms with Gasteiger partial charge in [-0.25, -0.2) is 4.79 Å². The third-order valence-electron chi connectivity index (χ3n) is 4.57. The molecule has 1 heterocycles. The van der Waals surface area contributed by atoms with Crippen LogP contribution >= 0.6 is 0 Å². The predicted molar refractivity (Wildman–Crippen MR) is 89.6 cm³/mol. The van der Waals surface area contributed by atoms with Crippen LogP contribution in [0.5, 0.6) is 5.75 Å². The molecule has 1 amide bonds. The zero-order chi connectivity index (χ0) is 17.7. The first-order chi connectivity index (χ1) is 11.4. The molecule has 0 atom stereocenters. The molecule has 1 aromatic carbocycles. The molecule has 24 heavy (non-hydrogen) atoms. The molecule has 1 saturated heterocycles. The summed E-state index contributed by atoms with van der Waals surface area (Å²) in [6.45, 7) is 6.62. The molecule has 0 unspecified atom stereocenters. The highest BCUT2D eigenvalue weighted by molar-refractivity contribution is 5.95. The van der Waals surface area contributed by atoms with E-state index in [1.807, 2.05) is 13.8 Å². The van der Waals surface area contributed by atoms with Crippen LogP contribution in [0, 0.1) is 13.8 Å². The van der Waals surface area contributed by atoms with E-state index < -0.39 is 12.6 Å². The van der Waals surface area contributed by atoms with Gasteiger partial charge in [0.25, 0.3) is 5.91 Å². The van der Waals surface area contributed by atoms with Crippen molar-refractivity contribution >= 4 is 11.9 Å². The summed E-state index contributed by atoms with van der Waals surface area (Å²) in [7, 11) is 0. The van der Waals surface area contributed by atoms with Crippen LogP contribution in [0.1, 0.15) is 47.7 Å². The summed E-state index contributed by atoms with van der Waals surface area (Å²) in [5.74, 6) is -0.625. The number of rotatable bonds is 6. The quantitative estimate of drug-likeness (QED) is 0.834. The van der Waals surface area contributed by atoms with Crippen LogP contribution < -0.4 is 10.1 Å². The first-order valence-corrected chi connectivity index (χ1v) is 8.23. The molecule has 0 bridgehead atoms. The van der Waals surface area contributed by atoms with Gasteiger partial charge in [-0.1, -0.05) is 6.92 Å². The van der Waals surface area contributed by atoms with Crippen LogP contribution in [0.2, 0.25) is 0 Å². The molecule has 2 rings (SSSR count). The molecule has 0 radical (unpaired) electrons. The van der Waals surface area contributed by atoms with E-state index in [2.05, 4.69) is 12.2 Å². The van der Waals surface area contributed by atoms with Crippen molar-refractivity contribution < 1.29 is 24.2 Å². The van der Waals surface area contributed by atoms with Gasteiger partial charge in [0.1, 0.15) is 5.75 Å². The molecule has 0 aliphatic carbocycles. The van der Waals surface area contributed by atoms with Crippen molar-refractivity contribution in [2.45, 2.75) is 45.6 Å². The van der Waals surface area contributed by atoms with Crippen molar-refractivity contribution in [2.24, 2.45) is 0 Å². The highest BCUT2D eigenvalue weighted by Gasteiger charge is 2.32. The maximum atomic E-state index is 12.7. The fourth-order valence-electron chi connectivity index (χ4n) is 3.09. The number of amides is 1. The Morgan fingerprint density at radius 1 is 1.25 bits per heavy atom. The van der Waals surface area contributed by atoms with Gasteiger partial charge < -0.3 is 19.9 Å². The maximum absolute atomic E-state index is 12.7. The van der Waals surface area contributed by atoms with Gasteiger partial charge >= 0.3 is 5.97 Å². The van der Waals surface area contributed by atoms with Gasteiger partial charge in [0.2, 0.25) is 0 Å². The second kappa shape index (κ2) is 7.66. The zero-order valence-corrected chi connectivity index (χ0v) is 14.5. The second-order valence-electron chi connectivity index (χ2n) is 6.32. The van der Waals surface area contributed by atoms with E-state index in [-0.39, 0.29) is 11.4 Å². The molecular weight excluding hydrogens is 310 g/mol. The molecule has 1 aliphatic rings. The van der Waals surface area contributed by atoms with E-state index >= 15 is 0 Å². The summed E-state index contributed by atoms with van der Waals surface area (Å²) in [6.07, 6.45) is 2.49. The zero-order valence-electron chi connectivity index (χ0n) is 14.5. The lowest BCUT2D eigenvalue weighted by molar-refractivity contribution is -0.139. The topological polar surface area (TPSA) is 84.9 Å². The minimum Gasteiger partial charge on any atom is -0.481 e. The van der Waals surface area contributed by atoms with Gasteiger partial charge in [-0.15, -0.1) is 0 Å². The maximum Gasteiger partial charge on any atom is 0.341 e. The molecule has 0 aromatic heterocycles. The Labute approximate surface area is 142 Å². The lowest BCUT2D eigenvalue weighted by Gasteiger charge is -2.37. The fraction of sp³-hybridized carbons (Fsp3) is 0.556. The van der Waals surface area contributed by atoms with E-state index in [1.54, 1.807) is 12.1 Å².